The van der Waals surface area contributed by atoms with E-state index in [0.717, 1.165) is 39.3 Å². The minimum atomic E-state index is -0.304. The number of urea groups is 1. The minimum absolute atomic E-state index is 0.304. The van der Waals surface area contributed by atoms with E-state index in [1.807, 2.05) is 0 Å². The Kier molecular flexibility index (Phi) is 7.30. The monoisotopic (exact) mass is 405 g/mol. The van der Waals surface area contributed by atoms with Crippen molar-refractivity contribution in [3.63, 3.8) is 0 Å². The van der Waals surface area contributed by atoms with Crippen LogP contribution in [0.2, 0.25) is 5.02 Å². The highest BCUT2D eigenvalue weighted by Gasteiger charge is 2.10. The van der Waals surface area contributed by atoms with Crippen molar-refractivity contribution in [2.75, 3.05) is 50.4 Å². The molecule has 1 saturated heterocycles. The molecule has 0 spiro atoms. The standard InChI is InChI=1S/C19H24ClN5O3/c20-16-12-14(2-3-17(16)21)28-15-4-6-22-18(13-15)24-19(26)23-5-1-7-25-8-10-27-11-9-25/h2-4,6,12-13H,1,5,7-11,21H2,(H2,22,23,24,26). The SMILES string of the molecule is Nc1ccc(Oc2ccnc(NC(=O)NCCCN3CCOCC3)c2)cc1Cl. The van der Waals surface area contributed by atoms with E-state index in [0.29, 0.717) is 34.6 Å². The van der Waals surface area contributed by atoms with Crippen LogP contribution in [0.5, 0.6) is 11.5 Å². The van der Waals surface area contributed by atoms with Gasteiger partial charge in [0.05, 0.1) is 23.9 Å². The Labute approximate surface area is 169 Å². The van der Waals surface area contributed by atoms with Gasteiger partial charge in [-0.3, -0.25) is 10.2 Å². The molecule has 0 saturated carbocycles. The van der Waals surface area contributed by atoms with Gasteiger partial charge >= 0.3 is 6.03 Å². The zero-order chi connectivity index (χ0) is 19.8. The van der Waals surface area contributed by atoms with Crippen LogP contribution in [-0.2, 0) is 4.74 Å². The molecule has 4 N–H and O–H groups in total. The van der Waals surface area contributed by atoms with Gasteiger partial charge < -0.3 is 20.5 Å². The zero-order valence-electron chi connectivity index (χ0n) is 15.5. The quantitative estimate of drug-likeness (QED) is 0.483. The Morgan fingerprint density at radius 1 is 1.25 bits per heavy atom. The lowest BCUT2D eigenvalue weighted by atomic mass is 10.3. The van der Waals surface area contributed by atoms with Crippen molar-refractivity contribution in [3.05, 3.63) is 41.6 Å². The number of nitrogens with two attached hydrogens (primary N) is 1. The second-order valence-electron chi connectivity index (χ2n) is 6.35. The van der Waals surface area contributed by atoms with Gasteiger partial charge in [0.2, 0.25) is 0 Å². The van der Waals surface area contributed by atoms with E-state index in [1.54, 1.807) is 36.5 Å². The van der Waals surface area contributed by atoms with E-state index in [1.165, 1.54) is 0 Å². The van der Waals surface area contributed by atoms with Gasteiger partial charge in [0.25, 0.3) is 0 Å². The van der Waals surface area contributed by atoms with Gasteiger partial charge in [0, 0.05) is 38.0 Å². The molecule has 1 aliphatic rings. The Bertz CT molecular complexity index is 799. The number of hydrogen-bond donors (Lipinski definition) is 3. The summed E-state index contributed by atoms with van der Waals surface area (Å²) in [7, 11) is 0. The van der Waals surface area contributed by atoms with E-state index in [9.17, 15) is 4.79 Å². The summed E-state index contributed by atoms with van der Waals surface area (Å²) < 4.78 is 11.1. The van der Waals surface area contributed by atoms with Crippen molar-refractivity contribution < 1.29 is 14.3 Å². The van der Waals surface area contributed by atoms with Crippen LogP contribution in [0.3, 0.4) is 0 Å². The number of anilines is 2. The molecule has 0 bridgehead atoms. The first kappa shape index (κ1) is 20.2. The van der Waals surface area contributed by atoms with Gasteiger partial charge in [-0.25, -0.2) is 9.78 Å². The number of ether oxygens (including phenoxy) is 2. The first-order valence-electron chi connectivity index (χ1n) is 9.14. The Hall–Kier alpha value is -2.55. The molecule has 0 radical (unpaired) electrons. The zero-order valence-corrected chi connectivity index (χ0v) is 16.2. The molecule has 1 aromatic heterocycles. The van der Waals surface area contributed by atoms with E-state index >= 15 is 0 Å². The number of halogens is 1. The first-order valence-corrected chi connectivity index (χ1v) is 9.52. The summed E-state index contributed by atoms with van der Waals surface area (Å²) in [6.45, 7) is 4.98. The Morgan fingerprint density at radius 2 is 2.04 bits per heavy atom. The third-order valence-electron chi connectivity index (χ3n) is 4.22. The molecule has 0 atom stereocenters. The minimum Gasteiger partial charge on any atom is -0.457 e. The number of carbonyl (C=O) groups excluding carboxylic acids is 1. The van der Waals surface area contributed by atoms with Gasteiger partial charge in [-0.2, -0.15) is 0 Å². The number of rotatable bonds is 7. The maximum Gasteiger partial charge on any atom is 0.320 e. The molecular formula is C19H24ClN5O3. The molecule has 2 aromatic rings. The van der Waals surface area contributed by atoms with Gasteiger partial charge in [0.1, 0.15) is 17.3 Å². The molecule has 0 unspecified atom stereocenters. The summed E-state index contributed by atoms with van der Waals surface area (Å²) in [5.74, 6) is 1.46. The van der Waals surface area contributed by atoms with Crippen LogP contribution < -0.4 is 21.1 Å². The number of nitrogens with zero attached hydrogens (tertiary/aromatic N) is 2. The topological polar surface area (TPSA) is 102 Å². The summed E-state index contributed by atoms with van der Waals surface area (Å²) in [5.41, 5.74) is 6.18. The number of amides is 2. The second kappa shape index (κ2) is 10.1. The molecule has 8 nitrogen and oxygen atoms in total. The molecule has 0 aliphatic carbocycles. The van der Waals surface area contributed by atoms with Crippen LogP contribution in [0.15, 0.2) is 36.5 Å². The fourth-order valence-corrected chi connectivity index (χ4v) is 2.91. The molecule has 1 aromatic carbocycles. The highest BCUT2D eigenvalue weighted by molar-refractivity contribution is 6.33. The third kappa shape index (κ3) is 6.26. The van der Waals surface area contributed by atoms with Gasteiger partial charge in [-0.05, 0) is 31.2 Å². The van der Waals surface area contributed by atoms with Crippen LogP contribution in [0.25, 0.3) is 0 Å². The largest absolute Gasteiger partial charge is 0.457 e. The van der Waals surface area contributed by atoms with Crippen LogP contribution in [0.4, 0.5) is 16.3 Å². The molecule has 3 rings (SSSR count). The van der Waals surface area contributed by atoms with Gasteiger partial charge in [-0.15, -0.1) is 0 Å². The van der Waals surface area contributed by atoms with Gasteiger partial charge in [0.15, 0.2) is 0 Å². The predicted octanol–water partition coefficient (Wildman–Crippen LogP) is 2.95. The lowest BCUT2D eigenvalue weighted by molar-refractivity contribution is 0.0375. The summed E-state index contributed by atoms with van der Waals surface area (Å²) >= 11 is 6.00. The van der Waals surface area contributed by atoms with Crippen molar-refractivity contribution in [1.82, 2.24) is 15.2 Å². The van der Waals surface area contributed by atoms with Crippen LogP contribution >= 0.6 is 11.6 Å². The van der Waals surface area contributed by atoms with E-state index in [4.69, 9.17) is 26.8 Å². The molecule has 28 heavy (non-hydrogen) atoms. The third-order valence-corrected chi connectivity index (χ3v) is 4.55. The molecule has 1 fully saturated rings. The van der Waals surface area contributed by atoms with Gasteiger partial charge in [-0.1, -0.05) is 11.6 Å². The van der Waals surface area contributed by atoms with Crippen molar-refractivity contribution in [2.45, 2.75) is 6.42 Å². The van der Waals surface area contributed by atoms with Crippen molar-refractivity contribution in [3.8, 4) is 11.5 Å². The first-order chi connectivity index (χ1) is 13.6. The van der Waals surface area contributed by atoms with Crippen LogP contribution in [0.1, 0.15) is 6.42 Å². The van der Waals surface area contributed by atoms with Crippen LogP contribution in [-0.4, -0.2) is 55.3 Å². The smallest absolute Gasteiger partial charge is 0.320 e. The number of benzene rings is 1. The lowest BCUT2D eigenvalue weighted by Crippen LogP contribution is -2.38. The lowest BCUT2D eigenvalue weighted by Gasteiger charge is -2.26. The summed E-state index contributed by atoms with van der Waals surface area (Å²) in [5, 5.41) is 5.96. The number of hydrogen-bond acceptors (Lipinski definition) is 6. The van der Waals surface area contributed by atoms with E-state index in [-0.39, 0.29) is 6.03 Å². The number of pyridine rings is 1. The number of aromatic nitrogens is 1. The van der Waals surface area contributed by atoms with Crippen molar-refractivity contribution in [2.24, 2.45) is 0 Å². The maximum atomic E-state index is 12.0. The molecule has 2 amide bonds. The number of nitrogens with one attached hydrogen (secondary N) is 2. The fourth-order valence-electron chi connectivity index (χ4n) is 2.74. The molecule has 9 heteroatoms. The average Bonchev–Trinajstić information content (AvgIpc) is 2.69. The molecular weight excluding hydrogens is 382 g/mol. The highest BCUT2D eigenvalue weighted by Crippen LogP contribution is 2.28. The Morgan fingerprint density at radius 3 is 2.82 bits per heavy atom. The van der Waals surface area contributed by atoms with E-state index in [2.05, 4.69) is 20.5 Å². The van der Waals surface area contributed by atoms with Crippen molar-refractivity contribution in [1.29, 1.82) is 0 Å². The molecule has 1 aliphatic heterocycles. The summed E-state index contributed by atoms with van der Waals surface area (Å²) in [6, 6.07) is 8.04. The predicted molar refractivity (Wildman–Crippen MR) is 109 cm³/mol. The Balaban J connectivity index is 1.44. The summed E-state index contributed by atoms with van der Waals surface area (Å²) in [6.07, 6.45) is 2.43. The highest BCUT2D eigenvalue weighted by atomic mass is 35.5. The fraction of sp³-hybridized carbons (Fsp3) is 0.368. The van der Waals surface area contributed by atoms with Crippen LogP contribution in [0, 0.1) is 0 Å². The number of carbonyl (C=O) groups is 1. The molecule has 2 heterocycles. The normalized spacial score (nSPS) is 14.5. The number of nitrogen functional groups attached to an aromatic ring is 1. The average molecular weight is 406 g/mol. The summed E-state index contributed by atoms with van der Waals surface area (Å²) in [4.78, 5) is 18.5. The van der Waals surface area contributed by atoms with E-state index < -0.39 is 0 Å². The maximum absolute atomic E-state index is 12.0. The second-order valence-corrected chi connectivity index (χ2v) is 6.76. The number of morpholine rings is 1. The van der Waals surface area contributed by atoms with Crippen molar-refractivity contribution >= 4 is 29.1 Å². The molecule has 150 valence electrons.